The first-order valence-corrected chi connectivity index (χ1v) is 6.17. The number of amides is 1. The van der Waals surface area contributed by atoms with Gasteiger partial charge in [0.15, 0.2) is 5.82 Å². The summed E-state index contributed by atoms with van der Waals surface area (Å²) in [5, 5.41) is 6.62. The molecular formula is C14H11N5O2. The minimum Gasteiger partial charge on any atom is -0.410 e. The molecule has 7 heteroatoms. The van der Waals surface area contributed by atoms with Crippen molar-refractivity contribution in [2.24, 2.45) is 0 Å². The molecule has 2 aromatic heterocycles. The number of nitrogens with one attached hydrogen (secondary N) is 1. The molecule has 3 rings (SSSR count). The Morgan fingerprint density at radius 2 is 2.00 bits per heavy atom. The Hall–Kier alpha value is -3.22. The molecule has 3 aromatic rings. The van der Waals surface area contributed by atoms with Crippen LogP contribution in [0.3, 0.4) is 0 Å². The molecule has 2 heterocycles. The van der Waals surface area contributed by atoms with E-state index in [-0.39, 0.29) is 0 Å². The van der Waals surface area contributed by atoms with Gasteiger partial charge < -0.3 is 4.74 Å². The highest BCUT2D eigenvalue weighted by Gasteiger charge is 2.11. The van der Waals surface area contributed by atoms with Crippen molar-refractivity contribution in [3.05, 3.63) is 61.3 Å². The van der Waals surface area contributed by atoms with Crippen LogP contribution in [-0.2, 0) is 0 Å². The van der Waals surface area contributed by atoms with Gasteiger partial charge in [0.25, 0.3) is 0 Å². The van der Waals surface area contributed by atoms with E-state index in [1.54, 1.807) is 42.6 Å². The molecule has 21 heavy (non-hydrogen) atoms. The quantitative estimate of drug-likeness (QED) is 0.796. The number of carbonyl (C=O) groups is 1. The van der Waals surface area contributed by atoms with Gasteiger partial charge in [-0.2, -0.15) is 5.10 Å². The molecule has 0 saturated heterocycles. The number of nitrogens with zero attached hydrogens (tertiary/aromatic N) is 4. The van der Waals surface area contributed by atoms with Crippen LogP contribution in [0.5, 0.6) is 5.75 Å². The largest absolute Gasteiger partial charge is 0.417 e. The van der Waals surface area contributed by atoms with E-state index in [1.807, 2.05) is 6.07 Å². The van der Waals surface area contributed by atoms with Crippen molar-refractivity contribution in [2.75, 3.05) is 5.32 Å². The van der Waals surface area contributed by atoms with Crippen molar-refractivity contribution < 1.29 is 9.53 Å². The summed E-state index contributed by atoms with van der Waals surface area (Å²) < 4.78 is 6.62. The average molecular weight is 281 g/mol. The highest BCUT2D eigenvalue weighted by Crippen LogP contribution is 2.17. The average Bonchev–Trinajstić information content (AvgIpc) is 3.03. The Bertz CT molecular complexity index is 728. The fraction of sp³-hybridized carbons (Fsp3) is 0. The zero-order chi connectivity index (χ0) is 14.5. The number of para-hydroxylation sites is 1. The molecule has 1 N–H and O–H groups in total. The molecule has 0 radical (unpaired) electrons. The first-order valence-electron chi connectivity index (χ1n) is 6.17. The lowest BCUT2D eigenvalue weighted by Gasteiger charge is -2.09. The van der Waals surface area contributed by atoms with E-state index in [0.29, 0.717) is 17.3 Å². The van der Waals surface area contributed by atoms with Crippen molar-refractivity contribution in [2.45, 2.75) is 0 Å². The van der Waals surface area contributed by atoms with E-state index in [9.17, 15) is 4.79 Å². The summed E-state index contributed by atoms with van der Waals surface area (Å²) in [6.07, 6.45) is 3.89. The monoisotopic (exact) mass is 281 g/mol. The van der Waals surface area contributed by atoms with Crippen LogP contribution in [0.4, 0.5) is 10.5 Å². The number of rotatable bonds is 3. The van der Waals surface area contributed by atoms with Gasteiger partial charge in [-0.25, -0.2) is 19.4 Å². The summed E-state index contributed by atoms with van der Waals surface area (Å²) in [6, 6.07) is 12.2. The second kappa shape index (κ2) is 5.83. The summed E-state index contributed by atoms with van der Waals surface area (Å²) in [5.74, 6) is 0.918. The highest BCUT2D eigenvalue weighted by molar-refractivity contribution is 5.88. The molecule has 7 nitrogen and oxygen atoms in total. The number of benzene rings is 1. The highest BCUT2D eigenvalue weighted by atomic mass is 16.6. The van der Waals surface area contributed by atoms with Gasteiger partial charge in [0.1, 0.15) is 18.4 Å². The topological polar surface area (TPSA) is 81.9 Å². The van der Waals surface area contributed by atoms with Crippen LogP contribution >= 0.6 is 0 Å². The van der Waals surface area contributed by atoms with Crippen molar-refractivity contribution >= 4 is 11.8 Å². The fourth-order valence-electron chi connectivity index (χ4n) is 1.73. The Morgan fingerprint density at radius 3 is 2.76 bits per heavy atom. The standard InChI is InChI=1S/C14H11N5O2/c20-14(21-11-5-2-1-3-6-11)18-12-7-4-8-16-13(12)19-10-15-9-17-19/h1-10H,(H,18,20). The predicted octanol–water partition coefficient (Wildman–Crippen LogP) is 2.27. The molecule has 0 spiro atoms. The molecule has 1 aromatic carbocycles. The van der Waals surface area contributed by atoms with E-state index in [0.717, 1.165) is 0 Å². The maximum atomic E-state index is 11.9. The molecule has 0 aliphatic rings. The zero-order valence-electron chi connectivity index (χ0n) is 10.9. The minimum absolute atomic E-state index is 0.458. The summed E-state index contributed by atoms with van der Waals surface area (Å²) >= 11 is 0. The molecule has 0 aliphatic heterocycles. The van der Waals surface area contributed by atoms with E-state index >= 15 is 0 Å². The van der Waals surface area contributed by atoms with E-state index in [1.165, 1.54) is 17.3 Å². The molecule has 0 aliphatic carbocycles. The second-order valence-corrected chi connectivity index (χ2v) is 4.04. The molecule has 0 saturated carbocycles. The maximum Gasteiger partial charge on any atom is 0.417 e. The maximum absolute atomic E-state index is 11.9. The normalized spacial score (nSPS) is 10.1. The summed E-state index contributed by atoms with van der Waals surface area (Å²) in [7, 11) is 0. The summed E-state index contributed by atoms with van der Waals surface area (Å²) in [5.41, 5.74) is 0.476. The lowest BCUT2D eigenvalue weighted by Crippen LogP contribution is -2.18. The van der Waals surface area contributed by atoms with E-state index < -0.39 is 6.09 Å². The number of pyridine rings is 1. The van der Waals surface area contributed by atoms with Gasteiger partial charge in [-0.1, -0.05) is 18.2 Å². The molecular weight excluding hydrogens is 270 g/mol. The minimum atomic E-state index is -0.601. The lowest BCUT2D eigenvalue weighted by atomic mass is 10.3. The third kappa shape index (κ3) is 3.03. The van der Waals surface area contributed by atoms with Crippen LogP contribution in [-0.4, -0.2) is 25.8 Å². The predicted molar refractivity (Wildman–Crippen MR) is 75.2 cm³/mol. The van der Waals surface area contributed by atoms with Crippen LogP contribution in [0, 0.1) is 0 Å². The van der Waals surface area contributed by atoms with Gasteiger partial charge in [0.05, 0.1) is 5.69 Å². The SMILES string of the molecule is O=C(Nc1cccnc1-n1cncn1)Oc1ccccc1. The molecule has 0 fully saturated rings. The number of hydrogen-bond acceptors (Lipinski definition) is 5. The van der Waals surface area contributed by atoms with Gasteiger partial charge in [-0.3, -0.25) is 5.32 Å². The number of carbonyl (C=O) groups excluding carboxylic acids is 1. The van der Waals surface area contributed by atoms with Gasteiger partial charge in [-0.05, 0) is 24.3 Å². The van der Waals surface area contributed by atoms with Crippen LogP contribution < -0.4 is 10.1 Å². The van der Waals surface area contributed by atoms with E-state index in [2.05, 4.69) is 20.4 Å². The number of ether oxygens (including phenoxy) is 1. The molecule has 104 valence electrons. The van der Waals surface area contributed by atoms with Crippen molar-refractivity contribution in [3.63, 3.8) is 0 Å². The summed E-state index contributed by atoms with van der Waals surface area (Å²) in [4.78, 5) is 19.9. The summed E-state index contributed by atoms with van der Waals surface area (Å²) in [6.45, 7) is 0. The Balaban J connectivity index is 1.78. The lowest BCUT2D eigenvalue weighted by molar-refractivity contribution is 0.215. The van der Waals surface area contributed by atoms with Gasteiger partial charge >= 0.3 is 6.09 Å². The molecule has 0 unspecified atom stereocenters. The molecule has 0 bridgehead atoms. The first-order chi connectivity index (χ1) is 10.3. The molecule has 1 amide bonds. The van der Waals surface area contributed by atoms with Crippen LogP contribution in [0.15, 0.2) is 61.3 Å². The zero-order valence-corrected chi connectivity index (χ0v) is 10.9. The Labute approximate surface area is 120 Å². The van der Waals surface area contributed by atoms with Crippen LogP contribution in [0.25, 0.3) is 5.82 Å². The Morgan fingerprint density at radius 1 is 1.14 bits per heavy atom. The number of anilines is 1. The molecule has 0 atom stereocenters. The van der Waals surface area contributed by atoms with Crippen molar-refractivity contribution in [1.29, 1.82) is 0 Å². The fourth-order valence-corrected chi connectivity index (χ4v) is 1.73. The van der Waals surface area contributed by atoms with Gasteiger partial charge in [-0.15, -0.1) is 0 Å². The van der Waals surface area contributed by atoms with Gasteiger partial charge in [0, 0.05) is 6.20 Å². The number of aromatic nitrogens is 4. The van der Waals surface area contributed by atoms with Crippen molar-refractivity contribution in [3.8, 4) is 11.6 Å². The second-order valence-electron chi connectivity index (χ2n) is 4.04. The van der Waals surface area contributed by atoms with Crippen molar-refractivity contribution in [1.82, 2.24) is 19.7 Å². The number of hydrogen-bond donors (Lipinski definition) is 1. The van der Waals surface area contributed by atoms with E-state index in [4.69, 9.17) is 4.74 Å². The smallest absolute Gasteiger partial charge is 0.410 e. The van der Waals surface area contributed by atoms with Crippen LogP contribution in [0.2, 0.25) is 0 Å². The third-order valence-corrected chi connectivity index (χ3v) is 2.61. The van der Waals surface area contributed by atoms with Gasteiger partial charge in [0.2, 0.25) is 0 Å². The third-order valence-electron chi connectivity index (χ3n) is 2.61. The first kappa shape index (κ1) is 12.8. The van der Waals surface area contributed by atoms with Crippen LogP contribution in [0.1, 0.15) is 0 Å². The Kier molecular flexibility index (Phi) is 3.55.